The third-order valence-electron chi connectivity index (χ3n) is 3.30. The summed E-state index contributed by atoms with van der Waals surface area (Å²) in [5.74, 6) is 1.94. The molecule has 0 amide bonds. The van der Waals surface area contributed by atoms with Gasteiger partial charge in [-0.25, -0.2) is 9.97 Å². The predicted molar refractivity (Wildman–Crippen MR) is 82.2 cm³/mol. The van der Waals surface area contributed by atoms with Crippen LogP contribution in [0, 0.1) is 20.8 Å². The van der Waals surface area contributed by atoms with Crippen molar-refractivity contribution >= 4 is 0 Å². The van der Waals surface area contributed by atoms with Crippen molar-refractivity contribution in [3.8, 4) is 5.82 Å². The monoisotopic (exact) mass is 272 g/mol. The van der Waals surface area contributed by atoms with Gasteiger partial charge in [-0.3, -0.25) is 4.57 Å². The highest BCUT2D eigenvalue weighted by molar-refractivity contribution is 5.42. The van der Waals surface area contributed by atoms with Crippen LogP contribution >= 0.6 is 0 Å². The molecule has 0 bridgehead atoms. The van der Waals surface area contributed by atoms with E-state index in [0.29, 0.717) is 0 Å². The number of hydrogen-bond donors (Lipinski definition) is 1. The molecule has 2 aromatic rings. The third kappa shape index (κ3) is 3.25. The van der Waals surface area contributed by atoms with E-state index in [1.54, 1.807) is 0 Å². The van der Waals surface area contributed by atoms with Gasteiger partial charge in [0, 0.05) is 35.7 Å². The molecule has 2 rings (SSSR count). The van der Waals surface area contributed by atoms with E-state index < -0.39 is 0 Å². The second-order valence-electron chi connectivity index (χ2n) is 6.33. The number of hydrogen-bond acceptors (Lipinski definition) is 3. The van der Waals surface area contributed by atoms with Crippen molar-refractivity contribution in [1.82, 2.24) is 19.9 Å². The molecule has 0 aliphatic carbocycles. The van der Waals surface area contributed by atoms with Gasteiger partial charge in [-0.15, -0.1) is 0 Å². The minimum atomic E-state index is 0.0819. The van der Waals surface area contributed by atoms with Gasteiger partial charge in [-0.05, 0) is 53.2 Å². The van der Waals surface area contributed by atoms with Crippen LogP contribution in [0.25, 0.3) is 5.82 Å². The van der Waals surface area contributed by atoms with Gasteiger partial charge < -0.3 is 5.32 Å². The number of pyridine rings is 1. The highest BCUT2D eigenvalue weighted by Gasteiger charge is 2.15. The lowest BCUT2D eigenvalue weighted by molar-refractivity contribution is 0.423. The first-order chi connectivity index (χ1) is 9.28. The first-order valence-corrected chi connectivity index (χ1v) is 7.00. The summed E-state index contributed by atoms with van der Waals surface area (Å²) in [6.07, 6.45) is 3.78. The van der Waals surface area contributed by atoms with E-state index in [1.165, 1.54) is 11.1 Å². The fourth-order valence-electron chi connectivity index (χ4n) is 2.22. The molecule has 0 unspecified atom stereocenters. The van der Waals surface area contributed by atoms with Crippen LogP contribution in [-0.4, -0.2) is 20.1 Å². The van der Waals surface area contributed by atoms with Crippen molar-refractivity contribution in [2.75, 3.05) is 0 Å². The zero-order chi connectivity index (χ0) is 14.9. The lowest BCUT2D eigenvalue weighted by atomic mass is 10.1. The second-order valence-corrected chi connectivity index (χ2v) is 6.33. The summed E-state index contributed by atoms with van der Waals surface area (Å²) >= 11 is 0. The van der Waals surface area contributed by atoms with Gasteiger partial charge in [0.05, 0.1) is 0 Å². The van der Waals surface area contributed by atoms with E-state index >= 15 is 0 Å². The number of rotatable bonds is 3. The Morgan fingerprint density at radius 2 is 1.90 bits per heavy atom. The van der Waals surface area contributed by atoms with Crippen molar-refractivity contribution in [1.29, 1.82) is 0 Å². The molecule has 2 heterocycles. The van der Waals surface area contributed by atoms with Crippen LogP contribution in [0.5, 0.6) is 0 Å². The molecule has 0 aliphatic heterocycles. The van der Waals surface area contributed by atoms with Gasteiger partial charge in [-0.2, -0.15) is 0 Å². The molecule has 0 atom stereocenters. The Hall–Kier alpha value is -1.68. The summed E-state index contributed by atoms with van der Waals surface area (Å²) in [7, 11) is 0. The van der Waals surface area contributed by atoms with Gasteiger partial charge >= 0.3 is 0 Å². The molecule has 0 spiro atoms. The molecule has 0 aliphatic rings. The SMILES string of the molecule is Cc1cc(C)c(CNC(C)(C)C)c(-n2ccnc2C)n1. The smallest absolute Gasteiger partial charge is 0.143 e. The maximum absolute atomic E-state index is 4.72. The minimum absolute atomic E-state index is 0.0819. The Labute approximate surface area is 121 Å². The Kier molecular flexibility index (Phi) is 3.95. The number of imidazole rings is 1. The van der Waals surface area contributed by atoms with E-state index in [1.807, 2.05) is 26.2 Å². The van der Waals surface area contributed by atoms with E-state index in [-0.39, 0.29) is 5.54 Å². The van der Waals surface area contributed by atoms with Crippen LogP contribution in [0.15, 0.2) is 18.5 Å². The average Bonchev–Trinajstić information content (AvgIpc) is 2.72. The zero-order valence-electron chi connectivity index (χ0n) is 13.3. The lowest BCUT2D eigenvalue weighted by Gasteiger charge is -2.23. The Morgan fingerprint density at radius 1 is 1.20 bits per heavy atom. The largest absolute Gasteiger partial charge is 0.308 e. The van der Waals surface area contributed by atoms with Crippen LogP contribution in [0.2, 0.25) is 0 Å². The van der Waals surface area contributed by atoms with Crippen LogP contribution < -0.4 is 5.32 Å². The van der Waals surface area contributed by atoms with E-state index in [9.17, 15) is 0 Å². The van der Waals surface area contributed by atoms with Crippen molar-refractivity contribution in [3.63, 3.8) is 0 Å². The molecule has 1 N–H and O–H groups in total. The predicted octanol–water partition coefficient (Wildman–Crippen LogP) is 3.08. The zero-order valence-corrected chi connectivity index (χ0v) is 13.3. The second kappa shape index (κ2) is 5.37. The van der Waals surface area contributed by atoms with Crippen molar-refractivity contribution in [2.45, 2.75) is 53.6 Å². The van der Waals surface area contributed by atoms with Gasteiger partial charge in [0.2, 0.25) is 0 Å². The summed E-state index contributed by atoms with van der Waals surface area (Å²) in [6.45, 7) is 13.5. The van der Waals surface area contributed by atoms with Crippen molar-refractivity contribution in [2.24, 2.45) is 0 Å². The number of nitrogens with zero attached hydrogens (tertiary/aromatic N) is 3. The first-order valence-electron chi connectivity index (χ1n) is 7.00. The molecular formula is C16H24N4. The van der Waals surface area contributed by atoms with Crippen molar-refractivity contribution in [3.05, 3.63) is 41.1 Å². The molecule has 108 valence electrons. The Balaban J connectivity index is 2.47. The summed E-state index contributed by atoms with van der Waals surface area (Å²) in [5, 5.41) is 3.55. The summed E-state index contributed by atoms with van der Waals surface area (Å²) in [4.78, 5) is 9.03. The molecule has 4 nitrogen and oxygen atoms in total. The molecule has 0 saturated heterocycles. The normalized spacial score (nSPS) is 11.9. The van der Waals surface area contributed by atoms with Gasteiger partial charge in [-0.1, -0.05) is 0 Å². The maximum atomic E-state index is 4.72. The van der Waals surface area contributed by atoms with Crippen LogP contribution in [0.1, 0.15) is 43.4 Å². The topological polar surface area (TPSA) is 42.7 Å². The standard InChI is InChI=1S/C16H24N4/c1-11-9-12(2)19-15(20-8-7-17-13(20)3)14(11)10-18-16(4,5)6/h7-9,18H,10H2,1-6H3. The Bertz CT molecular complexity index is 605. The molecule has 0 fully saturated rings. The van der Waals surface area contributed by atoms with Gasteiger partial charge in [0.25, 0.3) is 0 Å². The highest BCUT2D eigenvalue weighted by Crippen LogP contribution is 2.20. The molecule has 2 aromatic heterocycles. The lowest BCUT2D eigenvalue weighted by Crippen LogP contribution is -2.35. The van der Waals surface area contributed by atoms with Crippen molar-refractivity contribution < 1.29 is 0 Å². The van der Waals surface area contributed by atoms with Crippen LogP contribution in [0.4, 0.5) is 0 Å². The van der Waals surface area contributed by atoms with Crippen LogP contribution in [-0.2, 0) is 6.54 Å². The number of aryl methyl sites for hydroxylation is 3. The molecule has 20 heavy (non-hydrogen) atoms. The third-order valence-corrected chi connectivity index (χ3v) is 3.30. The molecule has 0 aromatic carbocycles. The fraction of sp³-hybridized carbons (Fsp3) is 0.500. The van der Waals surface area contributed by atoms with E-state index in [4.69, 9.17) is 4.98 Å². The highest BCUT2D eigenvalue weighted by atomic mass is 15.1. The fourth-order valence-corrected chi connectivity index (χ4v) is 2.22. The maximum Gasteiger partial charge on any atom is 0.143 e. The summed E-state index contributed by atoms with van der Waals surface area (Å²) in [6, 6.07) is 2.13. The summed E-state index contributed by atoms with van der Waals surface area (Å²) in [5.41, 5.74) is 3.60. The molecule has 0 radical (unpaired) electrons. The van der Waals surface area contributed by atoms with E-state index in [2.05, 4.69) is 48.6 Å². The average molecular weight is 272 g/mol. The van der Waals surface area contributed by atoms with E-state index in [0.717, 1.165) is 23.9 Å². The first kappa shape index (κ1) is 14.7. The number of nitrogens with one attached hydrogen (secondary N) is 1. The Morgan fingerprint density at radius 3 is 2.45 bits per heavy atom. The van der Waals surface area contributed by atoms with Gasteiger partial charge in [0.1, 0.15) is 11.6 Å². The summed E-state index contributed by atoms with van der Waals surface area (Å²) < 4.78 is 2.06. The minimum Gasteiger partial charge on any atom is -0.308 e. The number of aromatic nitrogens is 3. The molecular weight excluding hydrogens is 248 g/mol. The van der Waals surface area contributed by atoms with Gasteiger partial charge in [0.15, 0.2) is 0 Å². The van der Waals surface area contributed by atoms with Crippen LogP contribution in [0.3, 0.4) is 0 Å². The quantitative estimate of drug-likeness (QED) is 0.933. The molecule has 0 saturated carbocycles. The molecule has 4 heteroatoms.